The summed E-state index contributed by atoms with van der Waals surface area (Å²) in [7, 11) is 0. The van der Waals surface area contributed by atoms with Gasteiger partial charge in [-0.05, 0) is 62.4 Å². The molecule has 0 aromatic carbocycles. The Morgan fingerprint density at radius 1 is 1.09 bits per heavy atom. The summed E-state index contributed by atoms with van der Waals surface area (Å²) >= 11 is 0. The van der Waals surface area contributed by atoms with Crippen molar-refractivity contribution in [1.82, 2.24) is 24.8 Å². The van der Waals surface area contributed by atoms with Gasteiger partial charge in [0.2, 0.25) is 0 Å². The van der Waals surface area contributed by atoms with Crippen LogP contribution < -0.4 is 5.32 Å². The number of hydrogen-bond acceptors (Lipinski definition) is 6. The van der Waals surface area contributed by atoms with E-state index in [-0.39, 0.29) is 18.0 Å². The first-order valence-electron chi connectivity index (χ1n) is 11.2. The van der Waals surface area contributed by atoms with Gasteiger partial charge in [-0.2, -0.15) is 13.2 Å². The van der Waals surface area contributed by atoms with E-state index in [0.29, 0.717) is 35.4 Å². The lowest BCUT2D eigenvalue weighted by Crippen LogP contribution is -2.59. The molecule has 7 nitrogen and oxygen atoms in total. The lowest BCUT2D eigenvalue weighted by molar-refractivity contribution is -0.137. The van der Waals surface area contributed by atoms with Gasteiger partial charge in [-0.25, -0.2) is 19.9 Å². The quantitative estimate of drug-likeness (QED) is 0.612. The molecule has 3 aromatic heterocycles. The van der Waals surface area contributed by atoms with Crippen LogP contribution in [0.2, 0.25) is 0 Å². The molecule has 2 aliphatic heterocycles. The number of aryl methyl sites for hydroxylation is 1. The number of halogens is 3. The Balaban J connectivity index is 1.40. The minimum absolute atomic E-state index is 0.101. The van der Waals surface area contributed by atoms with Crippen LogP contribution >= 0.6 is 0 Å². The highest BCUT2D eigenvalue weighted by molar-refractivity contribution is 5.99. The molecule has 3 fully saturated rings. The first-order valence-corrected chi connectivity index (χ1v) is 11.2. The average Bonchev–Trinajstić information content (AvgIpc) is 2.84. The Bertz CT molecular complexity index is 1190. The number of alkyl halides is 3. The lowest BCUT2D eigenvalue weighted by atomic mass is 9.76. The van der Waals surface area contributed by atoms with E-state index < -0.39 is 11.7 Å². The molecule has 3 aromatic rings. The first-order chi connectivity index (χ1) is 16.3. The van der Waals surface area contributed by atoms with Crippen molar-refractivity contribution in [2.24, 2.45) is 5.92 Å². The van der Waals surface area contributed by atoms with Gasteiger partial charge in [0, 0.05) is 36.9 Å². The summed E-state index contributed by atoms with van der Waals surface area (Å²) < 4.78 is 38.6. The molecule has 0 radical (unpaired) electrons. The van der Waals surface area contributed by atoms with Crippen molar-refractivity contribution < 1.29 is 18.0 Å². The number of nitrogens with zero attached hydrogens (tertiary/aromatic N) is 5. The highest BCUT2D eigenvalue weighted by Crippen LogP contribution is 2.38. The lowest BCUT2D eigenvalue weighted by Gasteiger charge is -2.50. The van der Waals surface area contributed by atoms with Crippen LogP contribution in [-0.4, -0.2) is 49.4 Å². The van der Waals surface area contributed by atoms with Crippen LogP contribution in [0.15, 0.2) is 48.9 Å². The number of nitrogens with one attached hydrogen (secondary N) is 1. The van der Waals surface area contributed by atoms with Crippen LogP contribution in [0.1, 0.15) is 40.9 Å². The third kappa shape index (κ3) is 4.32. The second-order valence-corrected chi connectivity index (χ2v) is 8.81. The van der Waals surface area contributed by atoms with Crippen molar-refractivity contribution in [2.45, 2.75) is 44.4 Å². The maximum absolute atomic E-state index is 13.7. The SMILES string of the molecule is Cc1ccc(C(=O)N2CC3CCC2C(Nc2ccc(C(F)(F)F)cn2)C3)c(-c2ncccn2)n1. The largest absolute Gasteiger partial charge is 0.417 e. The van der Waals surface area contributed by atoms with Crippen molar-refractivity contribution in [1.29, 1.82) is 0 Å². The number of aromatic nitrogens is 4. The molecule has 34 heavy (non-hydrogen) atoms. The predicted octanol–water partition coefficient (Wildman–Crippen LogP) is 4.37. The molecule has 5 heterocycles. The molecular formula is C24H23F3N6O. The summed E-state index contributed by atoms with van der Waals surface area (Å²) in [6.45, 7) is 2.48. The van der Waals surface area contributed by atoms with Gasteiger partial charge in [-0.3, -0.25) is 4.79 Å². The van der Waals surface area contributed by atoms with Crippen LogP contribution in [0.4, 0.5) is 19.0 Å². The highest BCUT2D eigenvalue weighted by Gasteiger charge is 2.44. The molecule has 3 atom stereocenters. The van der Waals surface area contributed by atoms with E-state index in [1.165, 1.54) is 6.07 Å². The number of hydrogen-bond donors (Lipinski definition) is 1. The zero-order valence-corrected chi connectivity index (χ0v) is 18.5. The molecule has 1 saturated carbocycles. The van der Waals surface area contributed by atoms with Crippen molar-refractivity contribution >= 4 is 11.7 Å². The van der Waals surface area contributed by atoms with Gasteiger partial charge < -0.3 is 10.2 Å². The van der Waals surface area contributed by atoms with E-state index in [9.17, 15) is 18.0 Å². The van der Waals surface area contributed by atoms with Crippen LogP contribution in [0, 0.1) is 12.8 Å². The number of anilines is 1. The van der Waals surface area contributed by atoms with E-state index >= 15 is 0 Å². The van der Waals surface area contributed by atoms with Crippen LogP contribution in [-0.2, 0) is 6.18 Å². The number of piperidine rings is 2. The number of rotatable bonds is 4. The molecule has 1 aliphatic carbocycles. The van der Waals surface area contributed by atoms with Gasteiger partial charge in [0.1, 0.15) is 11.5 Å². The van der Waals surface area contributed by atoms with Gasteiger partial charge >= 0.3 is 6.18 Å². The van der Waals surface area contributed by atoms with Crippen molar-refractivity contribution in [3.05, 3.63) is 65.7 Å². The van der Waals surface area contributed by atoms with Crippen molar-refractivity contribution in [2.75, 3.05) is 11.9 Å². The van der Waals surface area contributed by atoms with Gasteiger partial charge in [0.05, 0.1) is 17.2 Å². The fourth-order valence-corrected chi connectivity index (χ4v) is 4.90. The summed E-state index contributed by atoms with van der Waals surface area (Å²) in [6, 6.07) is 7.41. The maximum atomic E-state index is 13.7. The Hall–Kier alpha value is -3.56. The molecule has 3 aliphatic rings. The molecule has 2 saturated heterocycles. The molecule has 1 amide bonds. The third-order valence-corrected chi connectivity index (χ3v) is 6.51. The van der Waals surface area contributed by atoms with Crippen molar-refractivity contribution in [3.8, 4) is 11.5 Å². The third-order valence-electron chi connectivity index (χ3n) is 6.51. The smallest absolute Gasteiger partial charge is 0.365 e. The van der Waals surface area contributed by atoms with E-state index in [1.54, 1.807) is 30.6 Å². The van der Waals surface area contributed by atoms with E-state index in [1.807, 2.05) is 11.8 Å². The Labute approximate surface area is 194 Å². The summed E-state index contributed by atoms with van der Waals surface area (Å²) in [4.78, 5) is 32.6. The minimum atomic E-state index is -4.43. The summed E-state index contributed by atoms with van der Waals surface area (Å²) in [6.07, 6.45) is 2.27. The van der Waals surface area contributed by atoms with E-state index in [2.05, 4.69) is 25.3 Å². The fraction of sp³-hybridized carbons (Fsp3) is 0.375. The molecule has 3 unspecified atom stereocenters. The maximum Gasteiger partial charge on any atom is 0.417 e. The summed E-state index contributed by atoms with van der Waals surface area (Å²) in [5.41, 5.74) is 0.853. The number of pyridine rings is 2. The van der Waals surface area contributed by atoms with Crippen molar-refractivity contribution in [3.63, 3.8) is 0 Å². The zero-order valence-electron chi connectivity index (χ0n) is 18.5. The van der Waals surface area contributed by atoms with Gasteiger partial charge in [-0.1, -0.05) is 0 Å². The summed E-state index contributed by atoms with van der Waals surface area (Å²) in [5, 5.41) is 3.27. The number of fused-ring (bicyclic) bond motifs is 3. The van der Waals surface area contributed by atoms with E-state index in [4.69, 9.17) is 0 Å². The molecule has 1 N–H and O–H groups in total. The van der Waals surface area contributed by atoms with Gasteiger partial charge in [0.15, 0.2) is 5.82 Å². The number of carbonyl (C=O) groups excluding carboxylic acids is 1. The Morgan fingerprint density at radius 3 is 2.56 bits per heavy atom. The Morgan fingerprint density at radius 2 is 1.88 bits per heavy atom. The average molecular weight is 468 g/mol. The monoisotopic (exact) mass is 468 g/mol. The van der Waals surface area contributed by atoms with E-state index in [0.717, 1.165) is 37.2 Å². The second kappa shape index (κ2) is 8.66. The topological polar surface area (TPSA) is 83.9 Å². The molecule has 6 rings (SSSR count). The summed E-state index contributed by atoms with van der Waals surface area (Å²) in [5.74, 6) is 0.918. The molecule has 10 heteroatoms. The molecule has 2 bridgehead atoms. The second-order valence-electron chi connectivity index (χ2n) is 8.81. The normalized spacial score (nSPS) is 22.0. The molecule has 176 valence electrons. The highest BCUT2D eigenvalue weighted by atomic mass is 19.4. The molecular weight excluding hydrogens is 445 g/mol. The predicted molar refractivity (Wildman–Crippen MR) is 119 cm³/mol. The van der Waals surface area contributed by atoms with Gasteiger partial charge in [0.25, 0.3) is 5.91 Å². The van der Waals surface area contributed by atoms with Crippen LogP contribution in [0.25, 0.3) is 11.5 Å². The van der Waals surface area contributed by atoms with Crippen LogP contribution in [0.3, 0.4) is 0 Å². The Kier molecular flexibility index (Phi) is 5.66. The first kappa shape index (κ1) is 22.2. The standard InChI is InChI=1S/C24H23F3N6O/c1-14-3-6-17(21(31-14)22-28-9-2-10-29-22)23(34)33-13-15-4-7-19(33)18(11-15)32-20-8-5-16(12-30-20)24(25,26)27/h2-3,5-6,8-10,12,15,18-19H,4,7,11,13H2,1H3,(H,30,32). The zero-order chi connectivity index (χ0) is 23.9. The fourth-order valence-electron chi connectivity index (χ4n) is 4.90. The number of carbonyl (C=O) groups is 1. The number of amides is 1. The minimum Gasteiger partial charge on any atom is -0.365 e. The molecule has 0 spiro atoms. The van der Waals surface area contributed by atoms with Gasteiger partial charge in [-0.15, -0.1) is 0 Å². The van der Waals surface area contributed by atoms with Crippen LogP contribution in [0.5, 0.6) is 0 Å².